The lowest BCUT2D eigenvalue weighted by molar-refractivity contribution is 0.0953. The van der Waals surface area contributed by atoms with Crippen molar-refractivity contribution in [2.45, 2.75) is 12.6 Å². The third-order valence-electron chi connectivity index (χ3n) is 6.72. The number of rotatable bonds is 5. The zero-order valence-electron chi connectivity index (χ0n) is 19.8. The number of nitrogens with one attached hydrogen (secondary N) is 2. The van der Waals surface area contributed by atoms with Crippen molar-refractivity contribution in [3.63, 3.8) is 0 Å². The van der Waals surface area contributed by atoms with E-state index in [1.165, 1.54) is 0 Å². The van der Waals surface area contributed by atoms with Crippen molar-refractivity contribution in [1.29, 1.82) is 0 Å². The van der Waals surface area contributed by atoms with E-state index in [2.05, 4.69) is 44.0 Å². The van der Waals surface area contributed by atoms with E-state index in [9.17, 15) is 9.59 Å². The lowest BCUT2D eigenvalue weighted by Crippen LogP contribution is -2.54. The Bertz CT molecular complexity index is 1520. The second-order valence-corrected chi connectivity index (χ2v) is 9.86. The number of carbonyl (C=O) groups is 1. The normalized spacial score (nSPS) is 17.9. The minimum absolute atomic E-state index is 0.0881. The molecule has 1 amide bonds. The summed E-state index contributed by atoms with van der Waals surface area (Å²) in [7, 11) is 2.11. The first-order valence-electron chi connectivity index (χ1n) is 11.8. The average molecular weight is 503 g/mol. The Balaban J connectivity index is 1.38. The Hall–Kier alpha value is -3.96. The van der Waals surface area contributed by atoms with Gasteiger partial charge >= 0.3 is 0 Å². The fourth-order valence-electron chi connectivity index (χ4n) is 5.00. The number of benzene rings is 1. The van der Waals surface area contributed by atoms with Gasteiger partial charge in [0.05, 0.1) is 29.5 Å². The third kappa shape index (κ3) is 3.76. The van der Waals surface area contributed by atoms with Gasteiger partial charge in [-0.2, -0.15) is 16.3 Å². The fourth-order valence-corrected chi connectivity index (χ4v) is 5.61. The number of carbonyl (C=O) groups excluding carboxylic acids is 1. The van der Waals surface area contributed by atoms with Gasteiger partial charge in [-0.05, 0) is 36.7 Å². The molecule has 2 N–H and O–H groups in total. The van der Waals surface area contributed by atoms with Gasteiger partial charge in [-0.25, -0.2) is 14.3 Å². The number of nitrogens with zero attached hydrogens (tertiary/aromatic N) is 6. The van der Waals surface area contributed by atoms with E-state index in [-0.39, 0.29) is 17.5 Å². The molecule has 0 saturated carbocycles. The van der Waals surface area contributed by atoms with Gasteiger partial charge in [-0.1, -0.05) is 6.08 Å². The quantitative estimate of drug-likeness (QED) is 0.405. The van der Waals surface area contributed by atoms with Crippen LogP contribution in [0.25, 0.3) is 16.7 Å². The van der Waals surface area contributed by atoms with Crippen LogP contribution in [0.2, 0.25) is 0 Å². The highest BCUT2D eigenvalue weighted by atomic mass is 32.1. The van der Waals surface area contributed by atoms with Gasteiger partial charge in [-0.3, -0.25) is 9.59 Å². The van der Waals surface area contributed by atoms with Crippen molar-refractivity contribution in [2.24, 2.45) is 0 Å². The van der Waals surface area contributed by atoms with Crippen LogP contribution in [0.15, 0.2) is 58.7 Å². The molecule has 0 spiro atoms. The molecule has 11 heteroatoms. The molecule has 4 aromatic rings. The Morgan fingerprint density at radius 2 is 2.17 bits per heavy atom. The minimum atomic E-state index is -0.175. The molecule has 2 aliphatic rings. The standard InChI is InChI=1S/C25H26N8O2S/c1-3-7-32-24(35)20-13-27-25(29-22(20)33(32)17-6-10-36-15-17)28-16-4-5-21-19(11-16)23(34)26-12-18-14-30(2)8-9-31(18)21/h3-6,10-11,13,15,18H,1,7-9,12,14H2,2H3,(H,26,34)(H,27,28,29). The summed E-state index contributed by atoms with van der Waals surface area (Å²) in [6.45, 7) is 7.48. The fraction of sp³-hybridized carbons (Fsp3) is 0.280. The second-order valence-electron chi connectivity index (χ2n) is 9.08. The summed E-state index contributed by atoms with van der Waals surface area (Å²) in [5.74, 6) is 0.253. The molecule has 5 heterocycles. The number of allylic oxidation sites excluding steroid dienone is 1. The van der Waals surface area contributed by atoms with Gasteiger partial charge in [-0.15, -0.1) is 6.58 Å². The molecule has 0 bridgehead atoms. The van der Waals surface area contributed by atoms with Crippen molar-refractivity contribution in [2.75, 3.05) is 43.4 Å². The first-order chi connectivity index (χ1) is 17.5. The second kappa shape index (κ2) is 8.92. The molecule has 3 aromatic heterocycles. The van der Waals surface area contributed by atoms with E-state index in [4.69, 9.17) is 0 Å². The summed E-state index contributed by atoms with van der Waals surface area (Å²) in [5.41, 5.74) is 3.45. The van der Waals surface area contributed by atoms with E-state index in [1.54, 1.807) is 33.0 Å². The summed E-state index contributed by atoms with van der Waals surface area (Å²) < 4.78 is 3.39. The van der Waals surface area contributed by atoms with Crippen molar-refractivity contribution in [1.82, 2.24) is 29.5 Å². The monoisotopic (exact) mass is 502 g/mol. The van der Waals surface area contributed by atoms with Crippen LogP contribution in [0.4, 0.5) is 17.3 Å². The summed E-state index contributed by atoms with van der Waals surface area (Å²) in [5, 5.41) is 10.6. The number of piperazine rings is 1. The predicted octanol–water partition coefficient (Wildman–Crippen LogP) is 2.44. The largest absolute Gasteiger partial charge is 0.364 e. The molecule has 2 aliphatic heterocycles. The summed E-state index contributed by atoms with van der Waals surface area (Å²) >= 11 is 1.54. The number of likely N-dealkylation sites (N-methyl/N-ethyl adjacent to an activating group) is 1. The SMILES string of the molecule is C=CCn1c(=O)c2cnc(Nc3ccc4c(c3)C(=O)NCC3CN(C)CCN43)nc2n1-c1ccsc1. The Labute approximate surface area is 211 Å². The molecule has 6 rings (SSSR count). The van der Waals surface area contributed by atoms with Crippen LogP contribution in [0.5, 0.6) is 0 Å². The van der Waals surface area contributed by atoms with Crippen LogP contribution in [-0.4, -0.2) is 69.4 Å². The van der Waals surface area contributed by atoms with Gasteiger partial charge in [0.15, 0.2) is 5.65 Å². The van der Waals surface area contributed by atoms with E-state index in [0.29, 0.717) is 41.3 Å². The van der Waals surface area contributed by atoms with Crippen LogP contribution in [0.1, 0.15) is 10.4 Å². The number of aromatic nitrogens is 4. The lowest BCUT2D eigenvalue weighted by Gasteiger charge is -2.40. The Morgan fingerprint density at radius 3 is 2.97 bits per heavy atom. The topological polar surface area (TPSA) is 100 Å². The lowest BCUT2D eigenvalue weighted by atomic mass is 10.1. The molecule has 184 valence electrons. The third-order valence-corrected chi connectivity index (χ3v) is 7.39. The average Bonchev–Trinajstić information content (AvgIpc) is 3.46. The Morgan fingerprint density at radius 1 is 1.28 bits per heavy atom. The van der Waals surface area contributed by atoms with E-state index in [0.717, 1.165) is 31.0 Å². The number of hydrogen-bond donors (Lipinski definition) is 2. The number of anilines is 3. The molecular formula is C25H26N8O2S. The number of hydrogen-bond acceptors (Lipinski definition) is 8. The summed E-state index contributed by atoms with van der Waals surface area (Å²) in [6, 6.07) is 7.95. The molecule has 0 radical (unpaired) electrons. The molecule has 10 nitrogen and oxygen atoms in total. The van der Waals surface area contributed by atoms with E-state index in [1.807, 2.05) is 35.0 Å². The van der Waals surface area contributed by atoms with Crippen LogP contribution < -0.4 is 21.1 Å². The van der Waals surface area contributed by atoms with Crippen LogP contribution >= 0.6 is 11.3 Å². The van der Waals surface area contributed by atoms with Crippen molar-refractivity contribution >= 4 is 45.6 Å². The molecule has 1 unspecified atom stereocenters. The molecule has 0 aliphatic carbocycles. The highest BCUT2D eigenvalue weighted by molar-refractivity contribution is 7.08. The molecular weight excluding hydrogens is 476 g/mol. The van der Waals surface area contributed by atoms with Crippen LogP contribution in [-0.2, 0) is 6.54 Å². The Kier molecular flexibility index (Phi) is 5.57. The maximum absolute atomic E-state index is 13.0. The van der Waals surface area contributed by atoms with Gasteiger partial charge in [0.1, 0.15) is 5.39 Å². The molecule has 1 saturated heterocycles. The molecule has 1 aromatic carbocycles. The first kappa shape index (κ1) is 22.5. The number of amides is 1. The van der Waals surface area contributed by atoms with Gasteiger partial charge in [0, 0.05) is 43.4 Å². The molecule has 1 atom stereocenters. The smallest absolute Gasteiger partial charge is 0.278 e. The first-order valence-corrected chi connectivity index (χ1v) is 12.7. The molecule has 36 heavy (non-hydrogen) atoms. The van der Waals surface area contributed by atoms with Crippen LogP contribution in [0, 0.1) is 0 Å². The number of thiophene rings is 1. The highest BCUT2D eigenvalue weighted by Crippen LogP contribution is 2.30. The van der Waals surface area contributed by atoms with Crippen molar-refractivity contribution < 1.29 is 4.79 Å². The van der Waals surface area contributed by atoms with Gasteiger partial charge in [0.2, 0.25) is 5.95 Å². The zero-order chi connectivity index (χ0) is 24.8. The zero-order valence-corrected chi connectivity index (χ0v) is 20.7. The summed E-state index contributed by atoms with van der Waals surface area (Å²) in [6.07, 6.45) is 3.22. The van der Waals surface area contributed by atoms with Crippen LogP contribution in [0.3, 0.4) is 0 Å². The van der Waals surface area contributed by atoms with E-state index < -0.39 is 0 Å². The predicted molar refractivity (Wildman–Crippen MR) is 142 cm³/mol. The minimum Gasteiger partial charge on any atom is -0.364 e. The highest BCUT2D eigenvalue weighted by Gasteiger charge is 2.31. The van der Waals surface area contributed by atoms with Gasteiger partial charge in [0.25, 0.3) is 11.5 Å². The van der Waals surface area contributed by atoms with Gasteiger partial charge < -0.3 is 20.4 Å². The van der Waals surface area contributed by atoms with Crippen molar-refractivity contribution in [3.05, 3.63) is 69.8 Å². The number of fused-ring (bicyclic) bond motifs is 4. The van der Waals surface area contributed by atoms with E-state index >= 15 is 0 Å². The maximum atomic E-state index is 13.0. The molecule has 1 fully saturated rings. The van der Waals surface area contributed by atoms with Crippen molar-refractivity contribution in [3.8, 4) is 5.69 Å². The summed E-state index contributed by atoms with van der Waals surface area (Å²) in [4.78, 5) is 39.6. The maximum Gasteiger partial charge on any atom is 0.278 e.